The van der Waals surface area contributed by atoms with E-state index in [1.54, 1.807) is 5.32 Å². The topological polar surface area (TPSA) is 89.3 Å². The van der Waals surface area contributed by atoms with Crippen molar-refractivity contribution in [3.8, 4) is 0 Å². The summed E-state index contributed by atoms with van der Waals surface area (Å²) < 4.78 is 80.2. The monoisotopic (exact) mass is 546 g/mol. The van der Waals surface area contributed by atoms with E-state index >= 15 is 0 Å². The molecule has 0 radical (unpaired) electrons. The number of hydrogen-bond acceptors (Lipinski definition) is 5. The van der Waals surface area contributed by atoms with Gasteiger partial charge in [-0.2, -0.15) is 13.2 Å². The summed E-state index contributed by atoms with van der Waals surface area (Å²) in [7, 11) is 0. The maximum absolute atomic E-state index is 14.1. The molecule has 0 aliphatic heterocycles. The van der Waals surface area contributed by atoms with Gasteiger partial charge in [0.25, 0.3) is 0 Å². The molecule has 1 atom stereocenters. The van der Waals surface area contributed by atoms with Crippen molar-refractivity contribution in [2.45, 2.75) is 50.6 Å². The highest BCUT2D eigenvalue weighted by atomic mass is 19.4. The average molecular weight is 546 g/mol. The van der Waals surface area contributed by atoms with Crippen LogP contribution in [-0.2, 0) is 11.3 Å². The molecule has 5 rings (SSSR count). The summed E-state index contributed by atoms with van der Waals surface area (Å²) in [6.45, 7) is 1.73. The molecule has 2 N–H and O–H groups in total. The zero-order valence-electron chi connectivity index (χ0n) is 20.6. The molecule has 0 saturated heterocycles. The molecule has 204 valence electrons. The Morgan fingerprint density at radius 2 is 1.82 bits per heavy atom. The zero-order chi connectivity index (χ0) is 27.7. The predicted octanol–water partition coefficient (Wildman–Crippen LogP) is 6.70. The molecule has 39 heavy (non-hydrogen) atoms. The third-order valence-electron chi connectivity index (χ3n) is 6.58. The number of rotatable bonds is 7. The number of alkyl halides is 3. The number of benzene rings is 2. The Morgan fingerprint density at radius 3 is 2.49 bits per heavy atom. The number of carbonyl (C=O) groups excluding carboxylic acids is 1. The number of aryl methyl sites for hydroxylation is 1. The van der Waals surface area contributed by atoms with Gasteiger partial charge in [0.15, 0.2) is 17.4 Å². The third-order valence-corrected chi connectivity index (χ3v) is 6.58. The lowest BCUT2D eigenvalue weighted by Gasteiger charge is -2.34. The minimum absolute atomic E-state index is 0.0721. The standard InChI is InChI=1S/C27H23F5N4O3/c1-14-20-9-17(28)10-21(29)23(20)39-22(14)24(27(30,31)32)36-26(37)35-18-11-33-25(34-12-18)16-7-19(8-16)38-13-15-5-3-2-4-6-15/h2-6,9-12,16,19,24H,7-8,13H2,1H3,(H2,35,36,37)/t16?,19?,24-/m1/s1. The van der Waals surface area contributed by atoms with Crippen LogP contribution in [0.1, 0.15) is 47.5 Å². The number of nitrogens with zero attached hydrogens (tertiary/aromatic N) is 2. The molecule has 0 unspecified atom stereocenters. The van der Waals surface area contributed by atoms with Gasteiger partial charge in [0.05, 0.1) is 30.8 Å². The lowest BCUT2D eigenvalue weighted by atomic mass is 9.81. The molecular weight excluding hydrogens is 523 g/mol. The van der Waals surface area contributed by atoms with E-state index < -0.39 is 41.2 Å². The highest BCUT2D eigenvalue weighted by Crippen LogP contribution is 2.40. The van der Waals surface area contributed by atoms with Gasteiger partial charge in [0.2, 0.25) is 0 Å². The van der Waals surface area contributed by atoms with E-state index in [9.17, 15) is 26.7 Å². The molecular formula is C27H23F5N4O3. The van der Waals surface area contributed by atoms with Crippen molar-refractivity contribution in [2.75, 3.05) is 5.32 Å². The molecule has 7 nitrogen and oxygen atoms in total. The van der Waals surface area contributed by atoms with Gasteiger partial charge in [-0.15, -0.1) is 0 Å². The fourth-order valence-corrected chi connectivity index (χ4v) is 4.45. The van der Waals surface area contributed by atoms with Gasteiger partial charge in [0.1, 0.15) is 17.4 Å². The van der Waals surface area contributed by atoms with Crippen LogP contribution < -0.4 is 10.6 Å². The van der Waals surface area contributed by atoms with Crippen LogP contribution in [0.3, 0.4) is 0 Å². The van der Waals surface area contributed by atoms with Crippen LogP contribution in [0, 0.1) is 18.6 Å². The van der Waals surface area contributed by atoms with Gasteiger partial charge in [0, 0.05) is 22.9 Å². The third kappa shape index (κ3) is 5.85. The van der Waals surface area contributed by atoms with Crippen molar-refractivity contribution in [1.82, 2.24) is 15.3 Å². The van der Waals surface area contributed by atoms with Gasteiger partial charge < -0.3 is 19.8 Å². The fourth-order valence-electron chi connectivity index (χ4n) is 4.45. The van der Waals surface area contributed by atoms with Crippen LogP contribution in [0.4, 0.5) is 32.4 Å². The van der Waals surface area contributed by atoms with Crippen LogP contribution in [0.15, 0.2) is 59.3 Å². The van der Waals surface area contributed by atoms with Gasteiger partial charge in [-0.25, -0.2) is 23.5 Å². The van der Waals surface area contributed by atoms with Gasteiger partial charge in [-0.05, 0) is 31.4 Å². The SMILES string of the molecule is Cc1c([C@@H](NC(=O)Nc2cnc(C3CC(OCc4ccccc4)C3)nc2)C(F)(F)F)oc2c(F)cc(F)cc12. The van der Waals surface area contributed by atoms with E-state index in [1.807, 2.05) is 30.3 Å². The van der Waals surface area contributed by atoms with Crippen molar-refractivity contribution in [2.24, 2.45) is 0 Å². The van der Waals surface area contributed by atoms with Crippen LogP contribution >= 0.6 is 0 Å². The van der Waals surface area contributed by atoms with E-state index in [2.05, 4.69) is 15.3 Å². The molecule has 0 spiro atoms. The number of carbonyl (C=O) groups is 1. The molecule has 1 fully saturated rings. The van der Waals surface area contributed by atoms with Crippen molar-refractivity contribution < 1.29 is 35.9 Å². The molecule has 2 heterocycles. The minimum Gasteiger partial charge on any atom is -0.455 e. The number of aromatic nitrogens is 2. The molecule has 1 aliphatic carbocycles. The van der Waals surface area contributed by atoms with Crippen LogP contribution in [0.25, 0.3) is 11.0 Å². The highest BCUT2D eigenvalue weighted by molar-refractivity contribution is 5.89. The van der Waals surface area contributed by atoms with Gasteiger partial charge in [-0.3, -0.25) is 0 Å². The summed E-state index contributed by atoms with van der Waals surface area (Å²) in [4.78, 5) is 20.9. The lowest BCUT2D eigenvalue weighted by Crippen LogP contribution is -2.40. The van der Waals surface area contributed by atoms with E-state index in [-0.39, 0.29) is 28.7 Å². The lowest BCUT2D eigenvalue weighted by molar-refractivity contribution is -0.158. The second kappa shape index (κ2) is 10.6. The van der Waals surface area contributed by atoms with E-state index in [0.29, 0.717) is 18.5 Å². The normalized spacial score (nSPS) is 18.0. The summed E-state index contributed by atoms with van der Waals surface area (Å²) in [6, 6.07) is 7.33. The molecule has 2 amide bonds. The maximum atomic E-state index is 14.1. The Morgan fingerprint density at radius 1 is 1.13 bits per heavy atom. The van der Waals surface area contributed by atoms with Gasteiger partial charge in [-0.1, -0.05) is 30.3 Å². The first-order chi connectivity index (χ1) is 18.6. The van der Waals surface area contributed by atoms with Crippen LogP contribution in [-0.4, -0.2) is 28.3 Å². The molecule has 0 bridgehead atoms. The average Bonchev–Trinajstić information content (AvgIpc) is 3.18. The van der Waals surface area contributed by atoms with Crippen LogP contribution in [0.2, 0.25) is 0 Å². The second-order valence-corrected chi connectivity index (χ2v) is 9.35. The van der Waals surface area contributed by atoms with Crippen molar-refractivity contribution in [3.63, 3.8) is 0 Å². The smallest absolute Gasteiger partial charge is 0.416 e. The molecule has 4 aromatic rings. The number of halogens is 5. The largest absolute Gasteiger partial charge is 0.455 e. The number of amides is 2. The second-order valence-electron chi connectivity index (χ2n) is 9.35. The zero-order valence-corrected chi connectivity index (χ0v) is 20.6. The number of hydrogen-bond donors (Lipinski definition) is 2. The van der Waals surface area contributed by atoms with Crippen molar-refractivity contribution in [1.29, 1.82) is 0 Å². The highest BCUT2D eigenvalue weighted by Gasteiger charge is 2.45. The Balaban J connectivity index is 1.20. The van der Waals surface area contributed by atoms with E-state index in [4.69, 9.17) is 9.15 Å². The summed E-state index contributed by atoms with van der Waals surface area (Å²) in [5.74, 6) is -2.25. The Hall–Kier alpha value is -4.06. The maximum Gasteiger partial charge on any atom is 0.416 e. The summed E-state index contributed by atoms with van der Waals surface area (Å²) >= 11 is 0. The number of urea groups is 1. The summed E-state index contributed by atoms with van der Waals surface area (Å²) in [5, 5.41) is 3.89. The Kier molecular flexibility index (Phi) is 7.21. The molecule has 1 aliphatic rings. The van der Waals surface area contributed by atoms with Gasteiger partial charge >= 0.3 is 12.2 Å². The number of ether oxygens (including phenoxy) is 1. The number of furan rings is 1. The quantitative estimate of drug-likeness (QED) is 0.252. The summed E-state index contributed by atoms with van der Waals surface area (Å²) in [5.41, 5.74) is 0.469. The molecule has 2 aromatic heterocycles. The summed E-state index contributed by atoms with van der Waals surface area (Å²) in [6.07, 6.45) is -0.855. The molecule has 12 heteroatoms. The first-order valence-electron chi connectivity index (χ1n) is 12.1. The molecule has 1 saturated carbocycles. The first-order valence-corrected chi connectivity index (χ1v) is 12.1. The fraction of sp³-hybridized carbons (Fsp3) is 0.296. The Bertz CT molecular complexity index is 1470. The number of nitrogens with one attached hydrogen (secondary N) is 2. The van der Waals surface area contributed by atoms with Crippen LogP contribution in [0.5, 0.6) is 0 Å². The van der Waals surface area contributed by atoms with Crippen molar-refractivity contribution >= 4 is 22.7 Å². The van der Waals surface area contributed by atoms with Crippen molar-refractivity contribution in [3.05, 3.63) is 89.2 Å². The molecule has 2 aromatic carbocycles. The first kappa shape index (κ1) is 26.5. The van der Waals surface area contributed by atoms with E-state index in [1.165, 1.54) is 19.3 Å². The Labute approximate surface area is 219 Å². The number of fused-ring (bicyclic) bond motifs is 1. The van der Waals surface area contributed by atoms with E-state index in [0.717, 1.165) is 24.5 Å². The minimum atomic E-state index is -4.99. The number of anilines is 1. The predicted molar refractivity (Wildman–Crippen MR) is 131 cm³/mol.